The van der Waals surface area contributed by atoms with Crippen molar-refractivity contribution in [1.82, 2.24) is 0 Å². The molecule has 1 heterocycles. The lowest BCUT2D eigenvalue weighted by molar-refractivity contribution is -0.194. The van der Waals surface area contributed by atoms with Crippen LogP contribution in [0.2, 0.25) is 0 Å². The van der Waals surface area contributed by atoms with E-state index in [0.717, 1.165) is 6.08 Å². The Morgan fingerprint density at radius 3 is 2.90 bits per heavy atom. The highest BCUT2D eigenvalue weighted by Crippen LogP contribution is 2.11. The molecule has 1 atom stereocenters. The topological polar surface area (TPSA) is 66.8 Å². The molecular formula is C6H8O4. The van der Waals surface area contributed by atoms with Gasteiger partial charge in [0.15, 0.2) is 5.78 Å². The third-order valence-corrected chi connectivity index (χ3v) is 1.22. The molecule has 2 N–H and O–H groups in total. The van der Waals surface area contributed by atoms with Gasteiger partial charge in [-0.2, -0.15) is 0 Å². The number of carbonyl (C=O) groups is 1. The standard InChI is InChI=1S/C6H8O4/c7-4-6(9)2-1-5(8)3-10-6/h1-2,7,9H,3-4H2. The van der Waals surface area contributed by atoms with E-state index < -0.39 is 12.4 Å². The van der Waals surface area contributed by atoms with Crippen LogP contribution in [0.3, 0.4) is 0 Å². The molecule has 0 saturated heterocycles. The van der Waals surface area contributed by atoms with Crippen molar-refractivity contribution in [3.05, 3.63) is 12.2 Å². The minimum absolute atomic E-state index is 0.173. The second kappa shape index (κ2) is 2.49. The zero-order valence-electron chi connectivity index (χ0n) is 5.28. The molecule has 56 valence electrons. The van der Waals surface area contributed by atoms with E-state index >= 15 is 0 Å². The molecule has 0 fully saturated rings. The van der Waals surface area contributed by atoms with E-state index in [9.17, 15) is 4.79 Å². The second-order valence-corrected chi connectivity index (χ2v) is 2.09. The molecule has 0 aromatic carbocycles. The molecule has 0 aromatic heterocycles. The van der Waals surface area contributed by atoms with Crippen molar-refractivity contribution in [1.29, 1.82) is 0 Å². The van der Waals surface area contributed by atoms with E-state index in [1.165, 1.54) is 6.08 Å². The Labute approximate surface area is 57.7 Å². The predicted molar refractivity (Wildman–Crippen MR) is 32.1 cm³/mol. The Bertz CT molecular complexity index is 175. The lowest BCUT2D eigenvalue weighted by atomic mass is 10.2. The number of rotatable bonds is 1. The van der Waals surface area contributed by atoms with E-state index in [0.29, 0.717) is 0 Å². The fourth-order valence-electron chi connectivity index (χ4n) is 0.614. The minimum Gasteiger partial charge on any atom is -0.390 e. The van der Waals surface area contributed by atoms with Crippen LogP contribution in [-0.2, 0) is 9.53 Å². The molecule has 4 nitrogen and oxygen atoms in total. The van der Waals surface area contributed by atoms with E-state index in [4.69, 9.17) is 10.2 Å². The summed E-state index contributed by atoms with van der Waals surface area (Å²) in [6.07, 6.45) is 2.33. The van der Waals surface area contributed by atoms with Crippen molar-refractivity contribution in [2.24, 2.45) is 0 Å². The Hall–Kier alpha value is -0.710. The van der Waals surface area contributed by atoms with Gasteiger partial charge in [-0.3, -0.25) is 4.79 Å². The number of ketones is 1. The molecule has 1 aliphatic heterocycles. The highest BCUT2D eigenvalue weighted by Gasteiger charge is 2.27. The van der Waals surface area contributed by atoms with Gasteiger partial charge in [-0.25, -0.2) is 0 Å². The molecule has 0 radical (unpaired) electrons. The highest BCUT2D eigenvalue weighted by atomic mass is 16.6. The molecular weight excluding hydrogens is 136 g/mol. The third-order valence-electron chi connectivity index (χ3n) is 1.22. The molecule has 0 aromatic rings. The molecule has 1 aliphatic rings. The average Bonchev–Trinajstić information content (AvgIpc) is 1.96. The largest absolute Gasteiger partial charge is 0.390 e. The maximum absolute atomic E-state index is 10.5. The normalized spacial score (nSPS) is 32.8. The van der Waals surface area contributed by atoms with Crippen molar-refractivity contribution in [2.45, 2.75) is 5.79 Å². The summed E-state index contributed by atoms with van der Waals surface area (Å²) in [6, 6.07) is 0. The zero-order valence-corrected chi connectivity index (χ0v) is 5.28. The molecule has 0 saturated carbocycles. The van der Waals surface area contributed by atoms with Crippen LogP contribution in [0.1, 0.15) is 0 Å². The van der Waals surface area contributed by atoms with Gasteiger partial charge < -0.3 is 14.9 Å². The van der Waals surface area contributed by atoms with E-state index in [1.54, 1.807) is 0 Å². The van der Waals surface area contributed by atoms with Crippen LogP contribution in [0.5, 0.6) is 0 Å². The van der Waals surface area contributed by atoms with Crippen LogP contribution >= 0.6 is 0 Å². The van der Waals surface area contributed by atoms with Crippen LogP contribution in [0, 0.1) is 0 Å². The van der Waals surface area contributed by atoms with E-state index in [1.807, 2.05) is 0 Å². The number of hydrogen-bond acceptors (Lipinski definition) is 4. The van der Waals surface area contributed by atoms with Crippen molar-refractivity contribution in [3.63, 3.8) is 0 Å². The van der Waals surface area contributed by atoms with Crippen LogP contribution in [0.25, 0.3) is 0 Å². The van der Waals surface area contributed by atoms with Gasteiger partial charge in [0.1, 0.15) is 13.2 Å². The number of carbonyl (C=O) groups excluding carboxylic acids is 1. The fourth-order valence-corrected chi connectivity index (χ4v) is 0.614. The third kappa shape index (κ3) is 1.41. The number of hydrogen-bond donors (Lipinski definition) is 2. The van der Waals surface area contributed by atoms with Gasteiger partial charge in [0.05, 0.1) is 0 Å². The van der Waals surface area contributed by atoms with Crippen molar-refractivity contribution >= 4 is 5.78 Å². The number of aliphatic hydroxyl groups is 2. The first kappa shape index (κ1) is 7.40. The van der Waals surface area contributed by atoms with Crippen molar-refractivity contribution in [2.75, 3.05) is 13.2 Å². The van der Waals surface area contributed by atoms with Crippen molar-refractivity contribution < 1.29 is 19.7 Å². The number of ether oxygens (including phenoxy) is 1. The fraction of sp³-hybridized carbons (Fsp3) is 0.500. The molecule has 1 rings (SSSR count). The SMILES string of the molecule is O=C1C=CC(O)(CO)OC1. The minimum atomic E-state index is -1.64. The lowest BCUT2D eigenvalue weighted by Gasteiger charge is -2.24. The second-order valence-electron chi connectivity index (χ2n) is 2.09. The van der Waals surface area contributed by atoms with E-state index in [2.05, 4.69) is 4.74 Å². The maximum Gasteiger partial charge on any atom is 0.210 e. The number of aliphatic hydroxyl groups excluding tert-OH is 1. The van der Waals surface area contributed by atoms with Gasteiger partial charge in [-0.15, -0.1) is 0 Å². The molecule has 10 heavy (non-hydrogen) atoms. The monoisotopic (exact) mass is 144 g/mol. The van der Waals surface area contributed by atoms with Gasteiger partial charge in [0.25, 0.3) is 0 Å². The smallest absolute Gasteiger partial charge is 0.210 e. The van der Waals surface area contributed by atoms with Gasteiger partial charge >= 0.3 is 0 Å². The molecule has 0 spiro atoms. The quantitative estimate of drug-likeness (QED) is 0.486. The zero-order chi connectivity index (χ0) is 7.61. The lowest BCUT2D eigenvalue weighted by Crippen LogP contribution is -2.38. The summed E-state index contributed by atoms with van der Waals surface area (Å²) in [5.74, 6) is -1.85. The average molecular weight is 144 g/mol. The Kier molecular flexibility index (Phi) is 1.85. The first-order valence-corrected chi connectivity index (χ1v) is 2.85. The molecule has 0 amide bonds. The maximum atomic E-state index is 10.5. The van der Waals surface area contributed by atoms with Crippen LogP contribution in [0.15, 0.2) is 12.2 Å². The molecule has 0 aliphatic carbocycles. The first-order chi connectivity index (χ1) is 4.66. The van der Waals surface area contributed by atoms with Gasteiger partial charge in [-0.1, -0.05) is 0 Å². The summed E-state index contributed by atoms with van der Waals surface area (Å²) >= 11 is 0. The van der Waals surface area contributed by atoms with Gasteiger partial charge in [-0.05, 0) is 12.2 Å². The van der Waals surface area contributed by atoms with Gasteiger partial charge in [0, 0.05) is 0 Å². The van der Waals surface area contributed by atoms with E-state index in [-0.39, 0.29) is 12.4 Å². The van der Waals surface area contributed by atoms with Crippen LogP contribution in [0.4, 0.5) is 0 Å². The van der Waals surface area contributed by atoms with Crippen LogP contribution < -0.4 is 0 Å². The summed E-state index contributed by atoms with van der Waals surface area (Å²) in [5.41, 5.74) is 0. The summed E-state index contributed by atoms with van der Waals surface area (Å²) < 4.78 is 4.60. The Morgan fingerprint density at radius 1 is 1.80 bits per heavy atom. The van der Waals surface area contributed by atoms with Crippen molar-refractivity contribution in [3.8, 4) is 0 Å². The molecule has 0 bridgehead atoms. The summed E-state index contributed by atoms with van der Waals surface area (Å²) in [6.45, 7) is -0.704. The summed E-state index contributed by atoms with van der Waals surface area (Å²) in [4.78, 5) is 10.5. The van der Waals surface area contributed by atoms with Crippen LogP contribution in [-0.4, -0.2) is 35.0 Å². The Balaban J connectivity index is 2.68. The predicted octanol–water partition coefficient (Wildman–Crippen LogP) is -1.18. The van der Waals surface area contributed by atoms with Gasteiger partial charge in [0.2, 0.25) is 5.79 Å². The highest BCUT2D eigenvalue weighted by molar-refractivity contribution is 5.91. The Morgan fingerprint density at radius 2 is 2.50 bits per heavy atom. The summed E-state index contributed by atoms with van der Waals surface area (Å²) in [7, 11) is 0. The molecule has 4 heteroatoms. The first-order valence-electron chi connectivity index (χ1n) is 2.85. The summed E-state index contributed by atoms with van der Waals surface area (Å²) in [5, 5.41) is 17.6. The molecule has 1 unspecified atom stereocenters.